The van der Waals surface area contributed by atoms with E-state index < -0.39 is 0 Å². The SMILES string of the molecule is CN(C)C(=O)c1ccc(N[C@H]2CCO[C@@H]2c2ccnn2C)nc1. The van der Waals surface area contributed by atoms with Crippen molar-refractivity contribution in [3.05, 3.63) is 41.9 Å². The molecule has 0 radical (unpaired) electrons. The number of amides is 1. The zero-order valence-electron chi connectivity index (χ0n) is 13.6. The topological polar surface area (TPSA) is 72.3 Å². The number of hydrogen-bond acceptors (Lipinski definition) is 5. The molecule has 2 atom stereocenters. The van der Waals surface area contributed by atoms with Gasteiger partial charge < -0.3 is 15.0 Å². The van der Waals surface area contributed by atoms with Crippen molar-refractivity contribution in [2.45, 2.75) is 18.6 Å². The summed E-state index contributed by atoms with van der Waals surface area (Å²) < 4.78 is 7.67. The highest BCUT2D eigenvalue weighted by Gasteiger charge is 2.31. The van der Waals surface area contributed by atoms with Gasteiger partial charge in [-0.2, -0.15) is 5.10 Å². The van der Waals surface area contributed by atoms with Gasteiger partial charge >= 0.3 is 0 Å². The molecule has 1 amide bonds. The van der Waals surface area contributed by atoms with E-state index in [0.29, 0.717) is 12.2 Å². The summed E-state index contributed by atoms with van der Waals surface area (Å²) in [5, 5.41) is 7.60. The van der Waals surface area contributed by atoms with Gasteiger partial charge in [0.05, 0.1) is 17.3 Å². The van der Waals surface area contributed by atoms with Crippen molar-refractivity contribution in [3.63, 3.8) is 0 Å². The molecule has 7 heteroatoms. The maximum absolute atomic E-state index is 11.9. The van der Waals surface area contributed by atoms with Crippen molar-refractivity contribution >= 4 is 11.7 Å². The molecule has 0 unspecified atom stereocenters. The number of hydrogen-bond donors (Lipinski definition) is 1. The summed E-state index contributed by atoms with van der Waals surface area (Å²) in [7, 11) is 5.36. The molecule has 7 nitrogen and oxygen atoms in total. The van der Waals surface area contributed by atoms with Crippen LogP contribution in [-0.2, 0) is 11.8 Å². The Morgan fingerprint density at radius 1 is 1.39 bits per heavy atom. The van der Waals surface area contributed by atoms with Crippen LogP contribution in [0.5, 0.6) is 0 Å². The maximum Gasteiger partial charge on any atom is 0.254 e. The van der Waals surface area contributed by atoms with Crippen molar-refractivity contribution < 1.29 is 9.53 Å². The Morgan fingerprint density at radius 2 is 2.22 bits per heavy atom. The van der Waals surface area contributed by atoms with E-state index in [-0.39, 0.29) is 18.1 Å². The van der Waals surface area contributed by atoms with Crippen LogP contribution in [0.1, 0.15) is 28.6 Å². The third kappa shape index (κ3) is 3.19. The van der Waals surface area contributed by atoms with Gasteiger partial charge in [-0.3, -0.25) is 9.48 Å². The molecule has 2 aromatic heterocycles. The van der Waals surface area contributed by atoms with Crippen LogP contribution in [0.2, 0.25) is 0 Å². The highest BCUT2D eigenvalue weighted by atomic mass is 16.5. The molecule has 0 aromatic carbocycles. The molecule has 23 heavy (non-hydrogen) atoms. The Labute approximate surface area is 135 Å². The molecule has 0 aliphatic carbocycles. The van der Waals surface area contributed by atoms with Crippen LogP contribution < -0.4 is 5.32 Å². The van der Waals surface area contributed by atoms with E-state index >= 15 is 0 Å². The minimum absolute atomic E-state index is 0.0487. The summed E-state index contributed by atoms with van der Waals surface area (Å²) in [5.74, 6) is 0.684. The van der Waals surface area contributed by atoms with Crippen LogP contribution in [0.15, 0.2) is 30.6 Å². The first kappa shape index (κ1) is 15.5. The molecule has 1 fully saturated rings. The van der Waals surface area contributed by atoms with E-state index in [1.807, 2.05) is 23.9 Å². The van der Waals surface area contributed by atoms with Crippen LogP contribution in [0.25, 0.3) is 0 Å². The Hall–Kier alpha value is -2.41. The average molecular weight is 315 g/mol. The Bertz CT molecular complexity index is 680. The van der Waals surface area contributed by atoms with Crippen LogP contribution in [0, 0.1) is 0 Å². The Balaban J connectivity index is 1.71. The van der Waals surface area contributed by atoms with Gasteiger partial charge in [-0.1, -0.05) is 0 Å². The normalized spacial score (nSPS) is 20.5. The first-order valence-corrected chi connectivity index (χ1v) is 7.60. The third-order valence-corrected chi connectivity index (χ3v) is 3.99. The average Bonchev–Trinajstić information content (AvgIpc) is 3.15. The van der Waals surface area contributed by atoms with E-state index in [1.165, 1.54) is 4.90 Å². The van der Waals surface area contributed by atoms with Crippen LogP contribution in [0.3, 0.4) is 0 Å². The summed E-state index contributed by atoms with van der Waals surface area (Å²) >= 11 is 0. The molecule has 2 aromatic rings. The van der Waals surface area contributed by atoms with Crippen molar-refractivity contribution in [1.82, 2.24) is 19.7 Å². The molecular weight excluding hydrogens is 294 g/mol. The largest absolute Gasteiger partial charge is 0.370 e. The summed E-state index contributed by atoms with van der Waals surface area (Å²) in [5.41, 5.74) is 1.62. The van der Waals surface area contributed by atoms with E-state index in [1.54, 1.807) is 32.6 Å². The number of rotatable bonds is 4. The number of ether oxygens (including phenoxy) is 1. The smallest absolute Gasteiger partial charge is 0.254 e. The van der Waals surface area contributed by atoms with Crippen molar-refractivity contribution in [1.29, 1.82) is 0 Å². The first-order valence-electron chi connectivity index (χ1n) is 7.60. The van der Waals surface area contributed by atoms with Gasteiger partial charge in [0.2, 0.25) is 0 Å². The minimum atomic E-state index is -0.0546. The highest BCUT2D eigenvalue weighted by Crippen LogP contribution is 2.30. The standard InChI is InChI=1S/C16H21N5O2/c1-20(2)16(22)11-4-5-14(17-10-11)19-12-7-9-23-15(12)13-6-8-18-21(13)3/h4-6,8,10,12,15H,7,9H2,1-3H3,(H,17,19)/t12-,15-/m0/s1. The minimum Gasteiger partial charge on any atom is -0.370 e. The molecule has 3 rings (SSSR count). The quantitative estimate of drug-likeness (QED) is 0.925. The fraction of sp³-hybridized carbons (Fsp3) is 0.438. The fourth-order valence-corrected chi connectivity index (χ4v) is 2.75. The monoisotopic (exact) mass is 315 g/mol. The van der Waals surface area contributed by atoms with Gasteiger partial charge in [-0.15, -0.1) is 0 Å². The molecule has 3 heterocycles. The predicted octanol–water partition coefficient (Wildman–Crippen LogP) is 1.46. The van der Waals surface area contributed by atoms with E-state index in [4.69, 9.17) is 4.74 Å². The fourth-order valence-electron chi connectivity index (χ4n) is 2.75. The second-order valence-electron chi connectivity index (χ2n) is 5.84. The third-order valence-electron chi connectivity index (χ3n) is 3.99. The number of carbonyl (C=O) groups is 1. The molecule has 1 N–H and O–H groups in total. The summed E-state index contributed by atoms with van der Waals surface area (Å²) in [4.78, 5) is 17.8. The van der Waals surface area contributed by atoms with E-state index in [9.17, 15) is 4.79 Å². The zero-order chi connectivity index (χ0) is 16.4. The number of pyridine rings is 1. The van der Waals surface area contributed by atoms with Gasteiger partial charge in [0.1, 0.15) is 11.9 Å². The molecule has 0 spiro atoms. The van der Waals surface area contributed by atoms with E-state index in [2.05, 4.69) is 15.4 Å². The number of carbonyl (C=O) groups excluding carboxylic acids is 1. The first-order chi connectivity index (χ1) is 11.1. The van der Waals surface area contributed by atoms with Crippen molar-refractivity contribution in [2.75, 3.05) is 26.0 Å². The number of nitrogens with zero attached hydrogens (tertiary/aromatic N) is 4. The Kier molecular flexibility index (Phi) is 4.29. The maximum atomic E-state index is 11.9. The number of aromatic nitrogens is 3. The van der Waals surface area contributed by atoms with Crippen molar-refractivity contribution in [2.24, 2.45) is 7.05 Å². The van der Waals surface area contributed by atoms with Gasteiger partial charge in [-0.25, -0.2) is 4.98 Å². The summed E-state index contributed by atoms with van der Waals surface area (Å²) in [6, 6.07) is 5.71. The van der Waals surface area contributed by atoms with Crippen LogP contribution >= 0.6 is 0 Å². The van der Waals surface area contributed by atoms with Gasteiger partial charge in [0, 0.05) is 40.1 Å². The lowest BCUT2D eigenvalue weighted by atomic mass is 10.1. The second-order valence-corrected chi connectivity index (χ2v) is 5.84. The predicted molar refractivity (Wildman–Crippen MR) is 86.2 cm³/mol. The number of aryl methyl sites for hydroxylation is 1. The number of nitrogens with one attached hydrogen (secondary N) is 1. The number of anilines is 1. The zero-order valence-corrected chi connectivity index (χ0v) is 13.6. The van der Waals surface area contributed by atoms with Gasteiger partial charge in [0.25, 0.3) is 5.91 Å². The molecule has 122 valence electrons. The lowest BCUT2D eigenvalue weighted by molar-refractivity contribution is 0.0827. The summed E-state index contributed by atoms with van der Waals surface area (Å²) in [6.45, 7) is 0.699. The highest BCUT2D eigenvalue weighted by molar-refractivity contribution is 5.93. The summed E-state index contributed by atoms with van der Waals surface area (Å²) in [6.07, 6.45) is 4.22. The van der Waals surface area contributed by atoms with Crippen LogP contribution in [-0.4, -0.2) is 52.3 Å². The van der Waals surface area contributed by atoms with Crippen molar-refractivity contribution in [3.8, 4) is 0 Å². The Morgan fingerprint density at radius 3 is 2.83 bits per heavy atom. The molecule has 1 aliphatic heterocycles. The van der Waals surface area contributed by atoms with E-state index in [0.717, 1.165) is 17.9 Å². The lowest BCUT2D eigenvalue weighted by Crippen LogP contribution is -2.25. The van der Waals surface area contributed by atoms with Gasteiger partial charge in [0.15, 0.2) is 0 Å². The lowest BCUT2D eigenvalue weighted by Gasteiger charge is -2.20. The van der Waals surface area contributed by atoms with Crippen LogP contribution in [0.4, 0.5) is 5.82 Å². The molecular formula is C16H21N5O2. The molecule has 1 aliphatic rings. The molecule has 0 bridgehead atoms. The molecule has 1 saturated heterocycles. The molecule has 0 saturated carbocycles. The van der Waals surface area contributed by atoms with Gasteiger partial charge in [-0.05, 0) is 24.6 Å². The second kappa shape index (κ2) is 6.37.